The minimum absolute atomic E-state index is 0.289. The van der Waals surface area contributed by atoms with Crippen molar-refractivity contribution in [1.29, 1.82) is 0 Å². The summed E-state index contributed by atoms with van der Waals surface area (Å²) >= 11 is 1.61. The minimum Gasteiger partial charge on any atom is -0.496 e. The fourth-order valence-corrected chi connectivity index (χ4v) is 3.79. The largest absolute Gasteiger partial charge is 0.496 e. The lowest BCUT2D eigenvalue weighted by molar-refractivity contribution is -0.118. The number of hydrogen-bond donors (Lipinski definition) is 2. The molecule has 0 bridgehead atoms. The molecule has 0 aromatic heterocycles. The number of carbonyl (C=O) groups excluding carboxylic acids is 2. The minimum atomic E-state index is -0.695. The van der Waals surface area contributed by atoms with Gasteiger partial charge in [-0.2, -0.15) is 11.8 Å². The van der Waals surface area contributed by atoms with Gasteiger partial charge in [0.2, 0.25) is 5.91 Å². The zero-order valence-electron chi connectivity index (χ0n) is 20.1. The smallest absolute Gasteiger partial charge is 0.255 e. The Balaban J connectivity index is 1.63. The lowest BCUT2D eigenvalue weighted by Gasteiger charge is -2.19. The van der Waals surface area contributed by atoms with Crippen molar-refractivity contribution < 1.29 is 23.8 Å². The van der Waals surface area contributed by atoms with E-state index in [-0.39, 0.29) is 11.8 Å². The normalized spacial score (nSPS) is 11.3. The third-order valence-electron chi connectivity index (χ3n) is 5.08. The Morgan fingerprint density at radius 3 is 2.17 bits per heavy atom. The first-order valence-corrected chi connectivity index (χ1v) is 12.7. The first-order chi connectivity index (χ1) is 17.0. The van der Waals surface area contributed by atoms with Gasteiger partial charge in [0, 0.05) is 5.69 Å². The molecule has 3 aromatic carbocycles. The number of methoxy groups -OCH3 is 1. The van der Waals surface area contributed by atoms with E-state index in [4.69, 9.17) is 14.2 Å². The highest BCUT2D eigenvalue weighted by Crippen LogP contribution is 2.25. The number of amides is 2. The van der Waals surface area contributed by atoms with Gasteiger partial charge in [0.25, 0.3) is 5.91 Å². The molecule has 0 spiro atoms. The van der Waals surface area contributed by atoms with Crippen LogP contribution in [0.5, 0.6) is 23.0 Å². The number of nitrogens with one attached hydrogen (secondary N) is 2. The first kappa shape index (κ1) is 26.0. The lowest BCUT2D eigenvalue weighted by atomic mass is 10.1. The Kier molecular flexibility index (Phi) is 9.86. The van der Waals surface area contributed by atoms with E-state index in [1.54, 1.807) is 60.3 Å². The zero-order valence-corrected chi connectivity index (χ0v) is 20.9. The molecule has 3 aromatic rings. The Morgan fingerprint density at radius 1 is 0.914 bits per heavy atom. The van der Waals surface area contributed by atoms with Gasteiger partial charge in [-0.25, -0.2) is 0 Å². The molecule has 3 rings (SSSR count). The van der Waals surface area contributed by atoms with Crippen LogP contribution < -0.4 is 24.8 Å². The molecule has 0 heterocycles. The van der Waals surface area contributed by atoms with Crippen LogP contribution in [0.3, 0.4) is 0 Å². The molecule has 1 atom stereocenters. The average molecular weight is 495 g/mol. The molecule has 0 saturated heterocycles. The third-order valence-corrected chi connectivity index (χ3v) is 5.72. The second-order valence-electron chi connectivity index (χ2n) is 7.53. The summed E-state index contributed by atoms with van der Waals surface area (Å²) in [5.74, 6) is 2.63. The Morgan fingerprint density at radius 2 is 1.54 bits per heavy atom. The van der Waals surface area contributed by atoms with Crippen molar-refractivity contribution in [3.05, 3.63) is 78.4 Å². The van der Waals surface area contributed by atoms with Gasteiger partial charge < -0.3 is 24.8 Å². The predicted octanol–water partition coefficient (Wildman–Crippen LogP) is 5.38. The van der Waals surface area contributed by atoms with Crippen molar-refractivity contribution in [2.75, 3.05) is 31.0 Å². The van der Waals surface area contributed by atoms with Crippen molar-refractivity contribution in [2.45, 2.75) is 19.4 Å². The molecule has 184 valence electrons. The summed E-state index contributed by atoms with van der Waals surface area (Å²) in [6, 6.07) is 20.7. The summed E-state index contributed by atoms with van der Waals surface area (Å²) in [6.07, 6.45) is 2.45. The van der Waals surface area contributed by atoms with Crippen molar-refractivity contribution in [2.24, 2.45) is 0 Å². The maximum atomic E-state index is 13.0. The monoisotopic (exact) mass is 494 g/mol. The predicted molar refractivity (Wildman–Crippen MR) is 140 cm³/mol. The molecule has 0 aliphatic carbocycles. The van der Waals surface area contributed by atoms with E-state index in [9.17, 15) is 9.59 Å². The Bertz CT molecular complexity index is 1100. The van der Waals surface area contributed by atoms with Gasteiger partial charge in [-0.15, -0.1) is 0 Å². The number of benzene rings is 3. The second kappa shape index (κ2) is 13.3. The molecule has 0 aliphatic rings. The van der Waals surface area contributed by atoms with Crippen LogP contribution in [0.4, 0.5) is 5.69 Å². The number of rotatable bonds is 12. The summed E-state index contributed by atoms with van der Waals surface area (Å²) < 4.78 is 16.6. The summed E-state index contributed by atoms with van der Waals surface area (Å²) in [5.41, 5.74) is 0.988. The number of thioether (sulfide) groups is 1. The molecule has 35 heavy (non-hydrogen) atoms. The fraction of sp³-hybridized carbons (Fsp3) is 0.259. The summed E-state index contributed by atoms with van der Waals surface area (Å²) in [7, 11) is 1.51. The molecule has 0 saturated carbocycles. The summed E-state index contributed by atoms with van der Waals surface area (Å²) in [4.78, 5) is 25.8. The van der Waals surface area contributed by atoms with E-state index < -0.39 is 6.04 Å². The average Bonchev–Trinajstić information content (AvgIpc) is 2.88. The van der Waals surface area contributed by atoms with E-state index >= 15 is 0 Å². The van der Waals surface area contributed by atoms with Crippen molar-refractivity contribution in [1.82, 2.24) is 5.32 Å². The maximum absolute atomic E-state index is 13.0. The van der Waals surface area contributed by atoms with Gasteiger partial charge in [-0.3, -0.25) is 9.59 Å². The molecular formula is C27H30N2O5S. The van der Waals surface area contributed by atoms with Crippen molar-refractivity contribution in [3.63, 3.8) is 0 Å². The number of anilines is 1. The van der Waals surface area contributed by atoms with Crippen LogP contribution in [0.1, 0.15) is 23.7 Å². The third kappa shape index (κ3) is 7.68. The molecule has 0 radical (unpaired) electrons. The van der Waals surface area contributed by atoms with Gasteiger partial charge in [-0.05, 0) is 86.0 Å². The fourth-order valence-electron chi connectivity index (χ4n) is 3.32. The summed E-state index contributed by atoms with van der Waals surface area (Å²) in [6.45, 7) is 2.54. The van der Waals surface area contributed by atoms with E-state index in [2.05, 4.69) is 10.6 Å². The van der Waals surface area contributed by atoms with Crippen LogP contribution >= 0.6 is 11.8 Å². The number of ether oxygens (including phenoxy) is 3. The van der Waals surface area contributed by atoms with Crippen LogP contribution in [0, 0.1) is 0 Å². The van der Waals surface area contributed by atoms with E-state index in [0.29, 0.717) is 41.5 Å². The molecule has 8 heteroatoms. The molecule has 7 nitrogen and oxygen atoms in total. The highest BCUT2D eigenvalue weighted by Gasteiger charge is 2.23. The lowest BCUT2D eigenvalue weighted by Crippen LogP contribution is -2.44. The summed E-state index contributed by atoms with van der Waals surface area (Å²) in [5, 5.41) is 5.72. The molecule has 0 aliphatic heterocycles. The molecule has 2 amide bonds. The molecule has 0 fully saturated rings. The number of para-hydroxylation sites is 1. The van der Waals surface area contributed by atoms with Crippen LogP contribution in [0.25, 0.3) is 0 Å². The second-order valence-corrected chi connectivity index (χ2v) is 8.51. The quantitative estimate of drug-likeness (QED) is 0.352. The van der Waals surface area contributed by atoms with Gasteiger partial charge in [0.05, 0.1) is 19.3 Å². The molecule has 2 N–H and O–H groups in total. The molecular weight excluding hydrogens is 464 g/mol. The SMILES string of the molecule is CCOc1ccc(Oc2ccc(NC(=O)C(CCSC)NC(=O)c3ccccc3OC)cc2)cc1. The van der Waals surface area contributed by atoms with Gasteiger partial charge in [-0.1, -0.05) is 12.1 Å². The maximum Gasteiger partial charge on any atom is 0.255 e. The van der Waals surface area contributed by atoms with Crippen LogP contribution in [-0.2, 0) is 4.79 Å². The standard InChI is InChI=1S/C27H30N2O5S/c1-4-33-20-13-15-22(16-14-20)34-21-11-9-19(10-12-21)28-27(31)24(17-18-35-3)29-26(30)23-7-5-6-8-25(23)32-2/h5-16,24H,4,17-18H2,1-3H3,(H,28,31)(H,29,30). The first-order valence-electron chi connectivity index (χ1n) is 11.3. The number of hydrogen-bond acceptors (Lipinski definition) is 6. The van der Waals surface area contributed by atoms with Crippen molar-refractivity contribution >= 4 is 29.3 Å². The van der Waals surface area contributed by atoms with E-state index in [1.165, 1.54) is 7.11 Å². The van der Waals surface area contributed by atoms with Gasteiger partial charge in [0.15, 0.2) is 0 Å². The topological polar surface area (TPSA) is 85.9 Å². The Hall–Kier alpha value is -3.65. The van der Waals surface area contributed by atoms with Gasteiger partial charge in [0.1, 0.15) is 29.0 Å². The highest BCUT2D eigenvalue weighted by molar-refractivity contribution is 7.98. The van der Waals surface area contributed by atoms with E-state index in [1.807, 2.05) is 37.4 Å². The van der Waals surface area contributed by atoms with Crippen LogP contribution in [0.15, 0.2) is 72.8 Å². The van der Waals surface area contributed by atoms with Crippen LogP contribution in [-0.4, -0.2) is 43.6 Å². The molecule has 1 unspecified atom stereocenters. The van der Waals surface area contributed by atoms with Gasteiger partial charge >= 0.3 is 0 Å². The van der Waals surface area contributed by atoms with Crippen molar-refractivity contribution in [3.8, 4) is 23.0 Å². The zero-order chi connectivity index (χ0) is 25.0. The van der Waals surface area contributed by atoms with Crippen LogP contribution in [0.2, 0.25) is 0 Å². The Labute approximate surface area is 210 Å². The number of carbonyl (C=O) groups is 2. The highest BCUT2D eigenvalue weighted by atomic mass is 32.2. The van der Waals surface area contributed by atoms with E-state index in [0.717, 1.165) is 11.5 Å².